The minimum Gasteiger partial charge on any atom is -0.505 e. The number of carbonyl (C=O) groups excluding carboxylic acids is 6. The first kappa shape index (κ1) is 45.6. The molecule has 1 aromatic carbocycles. The van der Waals surface area contributed by atoms with E-state index in [0.717, 1.165) is 36.5 Å². The molecule has 0 spiro atoms. The predicted molar refractivity (Wildman–Crippen MR) is 234 cm³/mol. The van der Waals surface area contributed by atoms with Crippen LogP contribution in [0.2, 0.25) is 0 Å². The fraction of sp³-hybridized carbons (Fsp3) is 0.720. The van der Waals surface area contributed by atoms with Crippen molar-refractivity contribution in [1.82, 2.24) is 4.90 Å². The van der Waals surface area contributed by atoms with Crippen molar-refractivity contribution in [2.24, 2.45) is 75.7 Å². The maximum atomic E-state index is 14.4. The number of phenols is 1. The number of phenolic OH excluding ortho intramolecular Hbond substituents is 1. The van der Waals surface area contributed by atoms with Crippen LogP contribution in [0.25, 0.3) is 0 Å². The van der Waals surface area contributed by atoms with Gasteiger partial charge in [0, 0.05) is 12.3 Å². The van der Waals surface area contributed by atoms with Gasteiger partial charge in [-0.3, -0.25) is 34.2 Å². The molecule has 16 atom stereocenters. The van der Waals surface area contributed by atoms with E-state index in [-0.39, 0.29) is 28.3 Å². The van der Waals surface area contributed by atoms with Crippen LogP contribution in [0.1, 0.15) is 134 Å². The van der Waals surface area contributed by atoms with Crippen LogP contribution in [0, 0.1) is 70.0 Å². The second kappa shape index (κ2) is 16.2. The van der Waals surface area contributed by atoms with E-state index in [4.69, 9.17) is 10.5 Å². The Morgan fingerprint density at radius 1 is 0.984 bits per heavy atom. The van der Waals surface area contributed by atoms with E-state index >= 15 is 0 Å². The molecule has 0 heterocycles. The third-order valence-electron chi connectivity index (χ3n) is 18.3. The molecule has 0 aliphatic heterocycles. The second-order valence-corrected chi connectivity index (χ2v) is 22.0. The number of carbonyl (C=O) groups is 6. The van der Waals surface area contributed by atoms with E-state index < -0.39 is 88.2 Å². The molecular formula is C50H69N3O10. The zero-order valence-electron chi connectivity index (χ0n) is 38.3. The molecule has 7 aliphatic carbocycles. The minimum atomic E-state index is -3.10. The molecule has 0 aromatic heterocycles. The smallest absolute Gasteiger partial charge is 0.412 e. The summed E-state index contributed by atoms with van der Waals surface area (Å²) < 4.78 is 6.00. The number of hydrogen-bond acceptors (Lipinski definition) is 11. The van der Waals surface area contributed by atoms with Crippen molar-refractivity contribution in [3.05, 3.63) is 34.9 Å². The lowest BCUT2D eigenvalue weighted by molar-refractivity contribution is -0.196. The number of hydrogen-bond donors (Lipinski definition) is 5. The van der Waals surface area contributed by atoms with E-state index in [1.807, 2.05) is 0 Å². The van der Waals surface area contributed by atoms with Crippen LogP contribution in [0.4, 0.5) is 10.5 Å². The monoisotopic (exact) mass is 871 g/mol. The summed E-state index contributed by atoms with van der Waals surface area (Å²) in [5.41, 5.74) is 3.98. The lowest BCUT2D eigenvalue weighted by Gasteiger charge is -2.58. The number of fused-ring (bicyclic) bond motifs is 8. The Morgan fingerprint density at radius 2 is 1.70 bits per heavy atom. The number of aromatic hydroxyl groups is 1. The van der Waals surface area contributed by atoms with Crippen LogP contribution < -0.4 is 11.1 Å². The maximum Gasteiger partial charge on any atom is 0.412 e. The third-order valence-corrected chi connectivity index (χ3v) is 18.3. The van der Waals surface area contributed by atoms with Crippen LogP contribution in [-0.2, 0) is 23.9 Å². The van der Waals surface area contributed by atoms with E-state index in [2.05, 4.69) is 46.0 Å². The molecule has 5 saturated carbocycles. The molecule has 5 fully saturated rings. The number of ether oxygens (including phenoxy) is 1. The molecule has 344 valence electrons. The van der Waals surface area contributed by atoms with Crippen molar-refractivity contribution in [1.29, 1.82) is 0 Å². The normalized spacial score (nSPS) is 41.1. The molecule has 0 saturated heterocycles. The van der Waals surface area contributed by atoms with Crippen molar-refractivity contribution in [2.75, 3.05) is 19.4 Å². The molecule has 13 nitrogen and oxygen atoms in total. The molecular weight excluding hydrogens is 803 g/mol. The molecule has 6 N–H and O–H groups in total. The summed E-state index contributed by atoms with van der Waals surface area (Å²) in [6, 6.07) is 1.50. The van der Waals surface area contributed by atoms with Gasteiger partial charge in [-0.25, -0.2) is 4.79 Å². The standard InChI is InChI=1S/C50H69N3O10/c1-23(2)10-9-11-24(3)30-15-16-31-29-13-12-26-22-27(18-20-48(26,5)32(29)19-21-49(30,31)6)63-47(61)52-33-17-14-28-25(4)34-36(41(55)35(28)40(33)54)44(58)50(62)38(42(34)56)39(53(7)8)43(57)37(45(50)59)46(51)60/h12,14,17,23-25,27,29-32,34,36-39,42,54,56,62H,9-11,13,15-16,18-22H2,1-8H3,(H2,51,60)(H,52,61)/t24-,25+,27?,29?,30+,31?,32?,34-,36?,37?,38-,39+,42+,48-,49+,50+/m0/s1. The summed E-state index contributed by atoms with van der Waals surface area (Å²) in [7, 11) is 2.89. The Labute approximate surface area is 371 Å². The molecule has 8 rings (SSSR count). The molecule has 1 aromatic rings. The number of aliphatic hydroxyl groups excluding tert-OH is 1. The summed E-state index contributed by atoms with van der Waals surface area (Å²) >= 11 is 0. The average molecular weight is 872 g/mol. The summed E-state index contributed by atoms with van der Waals surface area (Å²) in [5.74, 6) is -10.0. The van der Waals surface area contributed by atoms with Crippen molar-refractivity contribution >= 4 is 40.8 Å². The Bertz CT molecular complexity index is 2130. The topological polar surface area (TPSA) is 214 Å². The van der Waals surface area contributed by atoms with Gasteiger partial charge in [-0.15, -0.1) is 0 Å². The quantitative estimate of drug-likeness (QED) is 0.105. The average Bonchev–Trinajstić information content (AvgIpc) is 3.57. The zero-order valence-corrected chi connectivity index (χ0v) is 38.3. The highest BCUT2D eigenvalue weighted by molar-refractivity contribution is 6.32. The van der Waals surface area contributed by atoms with Gasteiger partial charge in [-0.2, -0.15) is 0 Å². The Balaban J connectivity index is 0.965. The Kier molecular flexibility index (Phi) is 11.7. The van der Waals surface area contributed by atoms with Gasteiger partial charge in [0.25, 0.3) is 0 Å². The number of benzene rings is 1. The lowest BCUT2D eigenvalue weighted by atomic mass is 9.47. The van der Waals surface area contributed by atoms with Crippen molar-refractivity contribution < 1.29 is 48.8 Å². The van der Waals surface area contributed by atoms with Crippen LogP contribution in [-0.4, -0.2) is 93.3 Å². The number of nitrogens with zero attached hydrogens (tertiary/aromatic N) is 1. The van der Waals surface area contributed by atoms with Gasteiger partial charge in [0.05, 0.1) is 35.2 Å². The van der Waals surface area contributed by atoms with Crippen molar-refractivity contribution in [2.45, 2.75) is 142 Å². The van der Waals surface area contributed by atoms with Gasteiger partial charge in [-0.1, -0.05) is 78.5 Å². The number of rotatable bonds is 9. The summed E-state index contributed by atoms with van der Waals surface area (Å²) in [4.78, 5) is 83.1. The van der Waals surface area contributed by atoms with E-state index in [1.54, 1.807) is 6.92 Å². The molecule has 13 heteroatoms. The van der Waals surface area contributed by atoms with Gasteiger partial charge in [-0.05, 0) is 123 Å². The fourth-order valence-corrected chi connectivity index (χ4v) is 15.1. The molecule has 7 aliphatic rings. The highest BCUT2D eigenvalue weighted by Crippen LogP contribution is 2.67. The number of nitrogens with one attached hydrogen (secondary N) is 1. The minimum absolute atomic E-state index is 0.0520. The number of amides is 2. The Hall–Kier alpha value is -3.94. The maximum absolute atomic E-state index is 14.4. The molecule has 63 heavy (non-hydrogen) atoms. The summed E-state index contributed by atoms with van der Waals surface area (Å²) in [6.07, 6.45) is 11.9. The molecule has 0 radical (unpaired) electrons. The molecule has 0 bridgehead atoms. The van der Waals surface area contributed by atoms with Crippen molar-refractivity contribution in [3.8, 4) is 5.75 Å². The van der Waals surface area contributed by atoms with Crippen molar-refractivity contribution in [3.63, 3.8) is 0 Å². The zero-order chi connectivity index (χ0) is 45.8. The highest BCUT2D eigenvalue weighted by atomic mass is 16.6. The lowest BCUT2D eigenvalue weighted by Crippen LogP contribution is -2.77. The highest BCUT2D eigenvalue weighted by Gasteiger charge is 2.73. The van der Waals surface area contributed by atoms with Gasteiger partial charge in [0.15, 0.2) is 34.7 Å². The van der Waals surface area contributed by atoms with E-state index in [1.165, 1.54) is 81.6 Å². The number of allylic oxidation sites excluding steroid dienone is 1. The van der Waals surface area contributed by atoms with Crippen LogP contribution in [0.5, 0.6) is 5.75 Å². The van der Waals surface area contributed by atoms with E-state index in [0.29, 0.717) is 30.1 Å². The summed E-state index contributed by atoms with van der Waals surface area (Å²) in [5, 5.41) is 38.1. The first-order valence-electron chi connectivity index (χ1n) is 23.6. The SMILES string of the molecule is CC(C)CCC[C@H](C)[C@H]1CCC2C3CC=C4CC(OC(=O)Nc5ccc6c(c5O)C(=O)C5C(=O)[C@@]7(O)C(=O)C(C(N)=O)C(=O)[C@H](N(C)C)[C@H]7[C@H](O)[C@H]5[C@@H]6C)CC[C@]4(C)C3CC[C@@]21C. The number of primary amides is 1. The summed E-state index contributed by atoms with van der Waals surface area (Å²) in [6.45, 7) is 13.8. The van der Waals surface area contributed by atoms with Gasteiger partial charge < -0.3 is 25.8 Å². The first-order valence-corrected chi connectivity index (χ1v) is 23.6. The predicted octanol–water partition coefficient (Wildman–Crippen LogP) is 6.36. The largest absolute Gasteiger partial charge is 0.505 e. The molecule has 6 unspecified atom stereocenters. The number of Topliss-reactive ketones (excluding diaryl/α,β-unsaturated/α-hetero) is 4. The number of anilines is 1. The number of likely N-dealkylation sites (N-methyl/N-ethyl adjacent to an activating group) is 1. The van der Waals surface area contributed by atoms with Crippen LogP contribution in [0.15, 0.2) is 23.8 Å². The molecule has 2 amide bonds. The number of nitrogens with two attached hydrogens (primary N) is 1. The van der Waals surface area contributed by atoms with Gasteiger partial charge in [0.1, 0.15) is 11.9 Å². The number of aliphatic hydroxyl groups is 2. The van der Waals surface area contributed by atoms with Gasteiger partial charge >= 0.3 is 6.09 Å². The number of ketones is 4. The first-order chi connectivity index (χ1) is 29.6. The Morgan fingerprint density at radius 3 is 2.37 bits per heavy atom. The third kappa shape index (κ3) is 6.86. The van der Waals surface area contributed by atoms with Crippen LogP contribution in [0.3, 0.4) is 0 Å². The van der Waals surface area contributed by atoms with Gasteiger partial charge in [0.2, 0.25) is 5.91 Å². The fourth-order valence-electron chi connectivity index (χ4n) is 15.1. The van der Waals surface area contributed by atoms with Crippen LogP contribution >= 0.6 is 0 Å². The van der Waals surface area contributed by atoms with E-state index in [9.17, 15) is 44.1 Å². The second-order valence-electron chi connectivity index (χ2n) is 22.0.